The number of fused-ring (bicyclic) bond motifs is 1. The minimum Gasteiger partial charge on any atom is -0.403 e. The van der Waals surface area contributed by atoms with Gasteiger partial charge in [0, 0.05) is 6.07 Å². The average molecular weight is 318 g/mol. The van der Waals surface area contributed by atoms with Crippen LogP contribution in [-0.2, 0) is 6.42 Å². The number of H-pyrrole nitrogens is 1. The highest BCUT2D eigenvalue weighted by molar-refractivity contribution is 7.98. The molecule has 3 rings (SSSR count). The molecule has 5 nitrogen and oxygen atoms in total. The molecule has 0 amide bonds. The number of hydrogen-bond acceptors (Lipinski definition) is 5. The molecule has 0 aliphatic rings. The van der Waals surface area contributed by atoms with Crippen molar-refractivity contribution >= 4 is 22.9 Å². The van der Waals surface area contributed by atoms with Gasteiger partial charge in [0.25, 0.3) is 5.56 Å². The van der Waals surface area contributed by atoms with E-state index < -0.39 is 5.63 Å². The van der Waals surface area contributed by atoms with E-state index in [-0.39, 0.29) is 28.9 Å². The zero-order valence-electron chi connectivity index (χ0n) is 11.6. The molecule has 0 unspecified atom stereocenters. The Morgan fingerprint density at radius 1 is 1.32 bits per heavy atom. The maximum Gasteiger partial charge on any atom is 0.337 e. The van der Waals surface area contributed by atoms with Crippen molar-refractivity contribution in [3.63, 3.8) is 0 Å². The van der Waals surface area contributed by atoms with Crippen molar-refractivity contribution in [2.45, 2.75) is 11.6 Å². The van der Waals surface area contributed by atoms with E-state index in [1.165, 1.54) is 30.0 Å². The first-order chi connectivity index (χ1) is 10.6. The molecule has 0 spiro atoms. The molecule has 2 heterocycles. The molecule has 0 bridgehead atoms. The lowest BCUT2D eigenvalue weighted by atomic mass is 10.0. The molecule has 22 heavy (non-hydrogen) atoms. The molecule has 0 radical (unpaired) electrons. The Morgan fingerprint density at radius 3 is 2.86 bits per heavy atom. The number of nitrogens with zero attached hydrogens (tertiary/aromatic N) is 1. The van der Waals surface area contributed by atoms with Gasteiger partial charge in [-0.1, -0.05) is 23.9 Å². The van der Waals surface area contributed by atoms with E-state index in [2.05, 4.69) is 9.97 Å². The second-order valence-corrected chi connectivity index (χ2v) is 5.45. The van der Waals surface area contributed by atoms with E-state index in [0.29, 0.717) is 16.3 Å². The van der Waals surface area contributed by atoms with E-state index in [1.54, 1.807) is 18.4 Å². The smallest absolute Gasteiger partial charge is 0.337 e. The molecule has 0 atom stereocenters. The van der Waals surface area contributed by atoms with E-state index in [0.717, 1.165) is 0 Å². The van der Waals surface area contributed by atoms with Crippen molar-refractivity contribution in [3.8, 4) is 0 Å². The summed E-state index contributed by atoms with van der Waals surface area (Å²) in [4.78, 5) is 30.6. The van der Waals surface area contributed by atoms with Gasteiger partial charge in [-0.25, -0.2) is 9.18 Å². The lowest BCUT2D eigenvalue weighted by molar-refractivity contribution is 0.542. The number of aromatic amines is 1. The fourth-order valence-electron chi connectivity index (χ4n) is 2.23. The summed E-state index contributed by atoms with van der Waals surface area (Å²) in [7, 11) is 0. The Bertz CT molecular complexity index is 965. The van der Waals surface area contributed by atoms with Crippen molar-refractivity contribution in [3.05, 3.63) is 68.0 Å². The van der Waals surface area contributed by atoms with Gasteiger partial charge in [-0.05, 0) is 35.9 Å². The quantitative estimate of drug-likeness (QED) is 0.592. The fraction of sp³-hybridized carbons (Fsp3) is 0.133. The van der Waals surface area contributed by atoms with Gasteiger partial charge >= 0.3 is 5.63 Å². The first kappa shape index (κ1) is 14.5. The van der Waals surface area contributed by atoms with E-state index in [4.69, 9.17) is 4.42 Å². The van der Waals surface area contributed by atoms with Crippen LogP contribution >= 0.6 is 11.8 Å². The molecule has 2 aromatic heterocycles. The van der Waals surface area contributed by atoms with Crippen LogP contribution < -0.4 is 11.2 Å². The standard InChI is InChI=1S/C15H11FN2O3S/c1-22-15-17-13(20)12-9(7-11(19)21-14(12)18-15)5-8-3-2-4-10(16)6-8/h2-4,6-7H,5H2,1H3,(H,17,18,20). The molecule has 1 N–H and O–H groups in total. The molecular weight excluding hydrogens is 307 g/mol. The van der Waals surface area contributed by atoms with Gasteiger partial charge in [-0.3, -0.25) is 4.79 Å². The first-order valence-electron chi connectivity index (χ1n) is 6.42. The summed E-state index contributed by atoms with van der Waals surface area (Å²) in [6.07, 6.45) is 1.99. The van der Waals surface area contributed by atoms with Crippen molar-refractivity contribution < 1.29 is 8.81 Å². The third-order valence-corrected chi connectivity index (χ3v) is 3.73. The molecule has 7 heteroatoms. The van der Waals surface area contributed by atoms with Crippen LogP contribution in [0.15, 0.2) is 49.5 Å². The van der Waals surface area contributed by atoms with Crippen LogP contribution in [0.1, 0.15) is 11.1 Å². The maximum atomic E-state index is 13.3. The Balaban J connectivity index is 2.21. The second kappa shape index (κ2) is 5.76. The highest BCUT2D eigenvalue weighted by Gasteiger charge is 2.13. The average Bonchev–Trinajstić information content (AvgIpc) is 2.46. The van der Waals surface area contributed by atoms with Gasteiger partial charge in [0.1, 0.15) is 11.2 Å². The van der Waals surface area contributed by atoms with E-state index in [1.807, 2.05) is 0 Å². The third kappa shape index (κ3) is 2.80. The van der Waals surface area contributed by atoms with Crippen LogP contribution in [0.4, 0.5) is 4.39 Å². The first-order valence-corrected chi connectivity index (χ1v) is 7.65. The Labute approximate surface area is 128 Å². The summed E-state index contributed by atoms with van der Waals surface area (Å²) in [5.74, 6) is -0.374. The molecule has 0 fully saturated rings. The number of halogens is 1. The predicted molar refractivity (Wildman–Crippen MR) is 81.9 cm³/mol. The monoisotopic (exact) mass is 318 g/mol. The molecular formula is C15H11FN2O3S. The SMILES string of the molecule is CSc1nc2oc(=O)cc(Cc3cccc(F)c3)c2c(=O)[nH]1. The Kier molecular flexibility index (Phi) is 3.81. The van der Waals surface area contributed by atoms with Gasteiger partial charge in [0.2, 0.25) is 5.71 Å². The minimum atomic E-state index is -0.593. The van der Waals surface area contributed by atoms with Crippen LogP contribution in [0.2, 0.25) is 0 Å². The summed E-state index contributed by atoms with van der Waals surface area (Å²) in [6, 6.07) is 7.23. The molecule has 0 aliphatic heterocycles. The van der Waals surface area contributed by atoms with Gasteiger partial charge < -0.3 is 9.40 Å². The molecule has 3 aromatic rings. The van der Waals surface area contributed by atoms with Gasteiger partial charge in [0.05, 0.1) is 0 Å². The molecule has 0 saturated heterocycles. The lowest BCUT2D eigenvalue weighted by Gasteiger charge is -2.05. The topological polar surface area (TPSA) is 76.0 Å². The van der Waals surface area contributed by atoms with E-state index >= 15 is 0 Å². The number of aromatic nitrogens is 2. The lowest BCUT2D eigenvalue weighted by Crippen LogP contribution is -2.14. The normalized spacial score (nSPS) is 11.0. The second-order valence-electron chi connectivity index (χ2n) is 4.65. The number of rotatable bonds is 3. The summed E-state index contributed by atoms with van der Waals surface area (Å²) in [5.41, 5.74) is 0.124. The van der Waals surface area contributed by atoms with Gasteiger partial charge in [-0.2, -0.15) is 4.98 Å². The van der Waals surface area contributed by atoms with Crippen LogP contribution in [0, 0.1) is 5.82 Å². The predicted octanol–water partition coefficient (Wildman–Crippen LogP) is 2.33. The highest BCUT2D eigenvalue weighted by atomic mass is 32.2. The number of hydrogen-bond donors (Lipinski definition) is 1. The summed E-state index contributed by atoms with van der Waals surface area (Å²) >= 11 is 1.24. The fourth-order valence-corrected chi connectivity index (χ4v) is 2.60. The zero-order chi connectivity index (χ0) is 15.7. The maximum absolute atomic E-state index is 13.3. The third-order valence-electron chi connectivity index (χ3n) is 3.15. The van der Waals surface area contributed by atoms with E-state index in [9.17, 15) is 14.0 Å². The minimum absolute atomic E-state index is 0.00740. The number of benzene rings is 1. The number of nitrogens with one attached hydrogen (secondary N) is 1. The Morgan fingerprint density at radius 2 is 2.14 bits per heavy atom. The summed E-state index contributed by atoms with van der Waals surface area (Å²) in [5, 5.41) is 0.574. The van der Waals surface area contributed by atoms with Crippen LogP contribution in [0.5, 0.6) is 0 Å². The van der Waals surface area contributed by atoms with Crippen LogP contribution in [0.25, 0.3) is 11.1 Å². The number of thioether (sulfide) groups is 1. The van der Waals surface area contributed by atoms with Crippen molar-refractivity contribution in [1.82, 2.24) is 9.97 Å². The summed E-state index contributed by atoms with van der Waals surface area (Å²) in [6.45, 7) is 0. The van der Waals surface area contributed by atoms with Crippen LogP contribution in [0.3, 0.4) is 0 Å². The van der Waals surface area contributed by atoms with Crippen molar-refractivity contribution in [2.24, 2.45) is 0 Å². The van der Waals surface area contributed by atoms with Gasteiger partial charge in [0.15, 0.2) is 5.16 Å². The molecule has 0 saturated carbocycles. The van der Waals surface area contributed by atoms with Crippen LogP contribution in [-0.4, -0.2) is 16.2 Å². The van der Waals surface area contributed by atoms with Crippen molar-refractivity contribution in [1.29, 1.82) is 0 Å². The summed E-state index contributed by atoms with van der Waals surface area (Å²) < 4.78 is 18.3. The largest absolute Gasteiger partial charge is 0.403 e. The Hall–Kier alpha value is -2.41. The highest BCUT2D eigenvalue weighted by Crippen LogP contribution is 2.17. The molecule has 112 valence electrons. The molecule has 0 aliphatic carbocycles. The molecule has 1 aromatic carbocycles. The van der Waals surface area contributed by atoms with Gasteiger partial charge in [-0.15, -0.1) is 0 Å². The van der Waals surface area contributed by atoms with Crippen molar-refractivity contribution in [2.75, 3.05) is 6.26 Å². The zero-order valence-corrected chi connectivity index (χ0v) is 12.4.